The normalized spacial score (nSPS) is 15.3. The number of aryl methyl sites for hydroxylation is 2. The van der Waals surface area contributed by atoms with Gasteiger partial charge in [0.05, 0.1) is 17.1 Å². The monoisotopic (exact) mass is 335 g/mol. The third-order valence-corrected chi connectivity index (χ3v) is 4.98. The second-order valence-corrected chi connectivity index (χ2v) is 6.92. The van der Waals surface area contributed by atoms with Crippen molar-refractivity contribution in [3.63, 3.8) is 0 Å². The van der Waals surface area contributed by atoms with Crippen molar-refractivity contribution >= 4 is 16.9 Å². The van der Waals surface area contributed by atoms with E-state index in [0.29, 0.717) is 17.0 Å². The molecule has 0 saturated heterocycles. The SMILES string of the molecule is Cc1ccc([C@@H](NC(=O)c2ccc3c(c2)[nH]c(=O)n3C)C2CC2)cc1. The van der Waals surface area contributed by atoms with Gasteiger partial charge < -0.3 is 10.3 Å². The van der Waals surface area contributed by atoms with Gasteiger partial charge in [-0.05, 0) is 49.4 Å². The van der Waals surface area contributed by atoms with Gasteiger partial charge in [0.2, 0.25) is 0 Å². The van der Waals surface area contributed by atoms with Gasteiger partial charge in [0.15, 0.2) is 0 Å². The van der Waals surface area contributed by atoms with Gasteiger partial charge in [-0.2, -0.15) is 0 Å². The molecule has 1 heterocycles. The van der Waals surface area contributed by atoms with Crippen LogP contribution in [0.5, 0.6) is 0 Å². The average Bonchev–Trinajstić information content (AvgIpc) is 3.40. The first-order valence-corrected chi connectivity index (χ1v) is 8.59. The Morgan fingerprint density at radius 2 is 1.92 bits per heavy atom. The first-order valence-electron chi connectivity index (χ1n) is 8.59. The molecule has 2 aromatic carbocycles. The summed E-state index contributed by atoms with van der Waals surface area (Å²) in [5, 5.41) is 3.18. The van der Waals surface area contributed by atoms with Crippen LogP contribution >= 0.6 is 0 Å². The molecule has 25 heavy (non-hydrogen) atoms. The van der Waals surface area contributed by atoms with Crippen LogP contribution in [0.2, 0.25) is 0 Å². The average molecular weight is 335 g/mol. The summed E-state index contributed by atoms with van der Waals surface area (Å²) in [5.41, 5.74) is 4.21. The van der Waals surface area contributed by atoms with E-state index in [9.17, 15) is 9.59 Å². The number of aromatic amines is 1. The lowest BCUT2D eigenvalue weighted by Gasteiger charge is -2.19. The van der Waals surface area contributed by atoms with Crippen molar-refractivity contribution in [3.05, 3.63) is 69.6 Å². The molecule has 4 rings (SSSR count). The number of carbonyl (C=O) groups is 1. The molecule has 0 spiro atoms. The Morgan fingerprint density at radius 1 is 1.20 bits per heavy atom. The highest BCUT2D eigenvalue weighted by molar-refractivity contribution is 5.97. The molecule has 0 unspecified atom stereocenters. The third kappa shape index (κ3) is 2.97. The minimum absolute atomic E-state index is 0.0404. The van der Waals surface area contributed by atoms with Crippen LogP contribution in [0.25, 0.3) is 11.0 Å². The Hall–Kier alpha value is -2.82. The number of H-pyrrole nitrogens is 1. The summed E-state index contributed by atoms with van der Waals surface area (Å²) in [6.45, 7) is 2.06. The Kier molecular flexibility index (Phi) is 3.71. The topological polar surface area (TPSA) is 66.9 Å². The van der Waals surface area contributed by atoms with Gasteiger partial charge in [-0.15, -0.1) is 0 Å². The summed E-state index contributed by atoms with van der Waals surface area (Å²) in [7, 11) is 1.71. The maximum absolute atomic E-state index is 12.8. The molecule has 2 N–H and O–H groups in total. The molecular formula is C20H21N3O2. The number of imidazole rings is 1. The summed E-state index contributed by atoms with van der Waals surface area (Å²) >= 11 is 0. The van der Waals surface area contributed by atoms with Crippen LogP contribution in [-0.4, -0.2) is 15.5 Å². The number of amides is 1. The molecule has 1 aliphatic carbocycles. The molecule has 0 aliphatic heterocycles. The molecule has 1 amide bonds. The fraction of sp³-hybridized carbons (Fsp3) is 0.300. The van der Waals surface area contributed by atoms with E-state index in [0.717, 1.165) is 23.9 Å². The molecule has 5 heteroatoms. The highest BCUT2D eigenvalue weighted by Gasteiger charge is 2.33. The quantitative estimate of drug-likeness (QED) is 0.769. The van der Waals surface area contributed by atoms with Crippen molar-refractivity contribution in [1.82, 2.24) is 14.9 Å². The van der Waals surface area contributed by atoms with Crippen LogP contribution < -0.4 is 11.0 Å². The number of hydrogen-bond donors (Lipinski definition) is 2. The lowest BCUT2D eigenvalue weighted by atomic mass is 10.0. The summed E-state index contributed by atoms with van der Waals surface area (Å²) < 4.78 is 1.54. The number of aromatic nitrogens is 2. The molecular weight excluding hydrogens is 314 g/mol. The smallest absolute Gasteiger partial charge is 0.326 e. The molecule has 128 valence electrons. The van der Waals surface area contributed by atoms with E-state index in [4.69, 9.17) is 0 Å². The van der Waals surface area contributed by atoms with Crippen molar-refractivity contribution in [3.8, 4) is 0 Å². The second-order valence-electron chi connectivity index (χ2n) is 6.92. The van der Waals surface area contributed by atoms with E-state index in [1.165, 1.54) is 10.1 Å². The molecule has 1 atom stereocenters. The van der Waals surface area contributed by atoms with E-state index in [1.807, 2.05) is 0 Å². The molecule has 1 aliphatic rings. The van der Waals surface area contributed by atoms with E-state index in [2.05, 4.69) is 41.5 Å². The molecule has 1 aromatic heterocycles. The number of nitrogens with one attached hydrogen (secondary N) is 2. The molecule has 1 fully saturated rings. The number of carbonyl (C=O) groups excluding carboxylic acids is 1. The zero-order valence-corrected chi connectivity index (χ0v) is 14.4. The summed E-state index contributed by atoms with van der Waals surface area (Å²) in [6, 6.07) is 13.7. The Labute approximate surface area is 145 Å². The van der Waals surface area contributed by atoms with Gasteiger partial charge in [-0.1, -0.05) is 29.8 Å². The van der Waals surface area contributed by atoms with Crippen LogP contribution in [0.4, 0.5) is 0 Å². The molecule has 0 bridgehead atoms. The zero-order chi connectivity index (χ0) is 17.6. The van der Waals surface area contributed by atoms with Gasteiger partial charge in [0, 0.05) is 12.6 Å². The zero-order valence-electron chi connectivity index (χ0n) is 14.4. The maximum Gasteiger partial charge on any atom is 0.326 e. The highest BCUT2D eigenvalue weighted by Crippen LogP contribution is 2.41. The Bertz CT molecular complexity index is 994. The van der Waals surface area contributed by atoms with Crippen molar-refractivity contribution in [2.75, 3.05) is 0 Å². The van der Waals surface area contributed by atoms with E-state index in [1.54, 1.807) is 25.2 Å². The number of nitrogens with zero attached hydrogens (tertiary/aromatic N) is 1. The first kappa shape index (κ1) is 15.7. The fourth-order valence-electron chi connectivity index (χ4n) is 3.28. The van der Waals surface area contributed by atoms with Crippen LogP contribution in [0, 0.1) is 12.8 Å². The standard InChI is InChI=1S/C20H21N3O2/c1-12-3-5-13(6-4-12)18(14-7-8-14)22-19(24)15-9-10-17-16(11-15)21-20(25)23(17)2/h3-6,9-11,14,18H,7-8H2,1-2H3,(H,21,25)(H,22,24)/t18-/m1/s1. The van der Waals surface area contributed by atoms with Crippen LogP contribution in [0.3, 0.4) is 0 Å². The minimum Gasteiger partial charge on any atom is -0.345 e. The summed E-state index contributed by atoms with van der Waals surface area (Å²) in [6.07, 6.45) is 2.29. The van der Waals surface area contributed by atoms with E-state index < -0.39 is 0 Å². The van der Waals surface area contributed by atoms with Gasteiger partial charge in [0.25, 0.3) is 5.91 Å². The van der Waals surface area contributed by atoms with Crippen molar-refractivity contribution in [1.29, 1.82) is 0 Å². The maximum atomic E-state index is 12.8. The predicted octanol–water partition coefficient (Wildman–Crippen LogP) is 3.06. The lowest BCUT2D eigenvalue weighted by molar-refractivity contribution is 0.0932. The molecule has 3 aromatic rings. The highest BCUT2D eigenvalue weighted by atomic mass is 16.2. The number of rotatable bonds is 4. The third-order valence-electron chi connectivity index (χ3n) is 4.98. The number of fused-ring (bicyclic) bond motifs is 1. The fourth-order valence-corrected chi connectivity index (χ4v) is 3.28. The van der Waals surface area contributed by atoms with Gasteiger partial charge >= 0.3 is 5.69 Å². The summed E-state index contributed by atoms with van der Waals surface area (Å²) in [5.74, 6) is 0.399. The van der Waals surface area contributed by atoms with Gasteiger partial charge in [-0.25, -0.2) is 4.79 Å². The van der Waals surface area contributed by atoms with Crippen molar-refractivity contribution < 1.29 is 4.79 Å². The van der Waals surface area contributed by atoms with E-state index >= 15 is 0 Å². The Morgan fingerprint density at radius 3 is 2.60 bits per heavy atom. The molecule has 5 nitrogen and oxygen atoms in total. The van der Waals surface area contributed by atoms with Gasteiger partial charge in [0.1, 0.15) is 0 Å². The number of hydrogen-bond acceptors (Lipinski definition) is 2. The molecule has 1 saturated carbocycles. The summed E-state index contributed by atoms with van der Waals surface area (Å²) in [4.78, 5) is 27.2. The Balaban J connectivity index is 1.61. The van der Waals surface area contributed by atoms with Crippen LogP contribution in [0.15, 0.2) is 47.3 Å². The van der Waals surface area contributed by atoms with E-state index in [-0.39, 0.29) is 17.6 Å². The first-order chi connectivity index (χ1) is 12.0. The lowest BCUT2D eigenvalue weighted by Crippen LogP contribution is -2.29. The predicted molar refractivity (Wildman–Crippen MR) is 97.6 cm³/mol. The van der Waals surface area contributed by atoms with Crippen molar-refractivity contribution in [2.24, 2.45) is 13.0 Å². The molecule has 0 radical (unpaired) electrons. The second kappa shape index (κ2) is 5.92. The van der Waals surface area contributed by atoms with Crippen molar-refractivity contribution in [2.45, 2.75) is 25.8 Å². The van der Waals surface area contributed by atoms with Gasteiger partial charge in [-0.3, -0.25) is 9.36 Å². The largest absolute Gasteiger partial charge is 0.345 e. The van der Waals surface area contributed by atoms with Crippen LogP contribution in [0.1, 0.15) is 40.4 Å². The number of benzene rings is 2. The van der Waals surface area contributed by atoms with Crippen LogP contribution in [-0.2, 0) is 7.05 Å². The minimum atomic E-state index is -0.178.